The molecule has 0 bridgehead atoms. The summed E-state index contributed by atoms with van der Waals surface area (Å²) in [5.41, 5.74) is 1.56. The van der Waals surface area contributed by atoms with Crippen LogP contribution in [0.15, 0.2) is 41.5 Å². The van der Waals surface area contributed by atoms with Crippen LogP contribution in [0.2, 0.25) is 0 Å². The van der Waals surface area contributed by atoms with Crippen LogP contribution in [0.5, 0.6) is 0 Å². The molecule has 1 N–H and O–H groups in total. The zero-order chi connectivity index (χ0) is 14.7. The van der Waals surface area contributed by atoms with Gasteiger partial charge < -0.3 is 9.88 Å². The van der Waals surface area contributed by atoms with E-state index in [1.807, 2.05) is 26.0 Å². The van der Waals surface area contributed by atoms with Crippen molar-refractivity contribution in [2.75, 3.05) is 0 Å². The summed E-state index contributed by atoms with van der Waals surface area (Å²) in [4.78, 5) is 28.2. The van der Waals surface area contributed by atoms with E-state index < -0.39 is 0 Å². The molecule has 0 aliphatic carbocycles. The molecule has 2 aromatic heterocycles. The summed E-state index contributed by atoms with van der Waals surface area (Å²) in [6, 6.07) is 6.80. The van der Waals surface area contributed by atoms with Gasteiger partial charge in [0.05, 0.1) is 6.04 Å². The fraction of sp³-hybridized carbons (Fsp3) is 0.267. The highest BCUT2D eigenvalue weighted by Crippen LogP contribution is 2.10. The van der Waals surface area contributed by atoms with E-state index in [2.05, 4.69) is 10.3 Å². The Balaban J connectivity index is 2.21. The van der Waals surface area contributed by atoms with Gasteiger partial charge in [-0.25, -0.2) is 0 Å². The normalized spacial score (nSPS) is 11.9. The zero-order valence-corrected chi connectivity index (χ0v) is 11.8. The van der Waals surface area contributed by atoms with Crippen molar-refractivity contribution in [3.05, 3.63) is 63.8 Å². The van der Waals surface area contributed by atoms with Gasteiger partial charge in [0.15, 0.2) is 0 Å². The highest BCUT2D eigenvalue weighted by Gasteiger charge is 2.15. The van der Waals surface area contributed by atoms with Crippen molar-refractivity contribution in [1.82, 2.24) is 14.9 Å². The van der Waals surface area contributed by atoms with Crippen molar-refractivity contribution < 1.29 is 4.79 Å². The average Bonchev–Trinajstić information content (AvgIpc) is 2.45. The summed E-state index contributed by atoms with van der Waals surface area (Å²) in [5, 5.41) is 2.81. The molecule has 1 amide bonds. The molecule has 0 saturated heterocycles. The second kappa shape index (κ2) is 5.69. The van der Waals surface area contributed by atoms with Crippen molar-refractivity contribution in [3.63, 3.8) is 0 Å². The van der Waals surface area contributed by atoms with Gasteiger partial charge in [-0.2, -0.15) is 0 Å². The molecule has 2 heterocycles. The Morgan fingerprint density at radius 1 is 1.35 bits per heavy atom. The summed E-state index contributed by atoms with van der Waals surface area (Å²) in [6.45, 7) is 3.68. The molecular weight excluding hydrogens is 254 g/mol. The lowest BCUT2D eigenvalue weighted by Gasteiger charge is -2.14. The van der Waals surface area contributed by atoms with Crippen LogP contribution in [0.1, 0.15) is 34.6 Å². The maximum atomic E-state index is 12.2. The number of amides is 1. The highest BCUT2D eigenvalue weighted by atomic mass is 16.2. The summed E-state index contributed by atoms with van der Waals surface area (Å²) in [6.07, 6.45) is 3.37. The van der Waals surface area contributed by atoms with Gasteiger partial charge in [0.1, 0.15) is 5.56 Å². The monoisotopic (exact) mass is 271 g/mol. The topological polar surface area (TPSA) is 64.0 Å². The van der Waals surface area contributed by atoms with Gasteiger partial charge in [-0.3, -0.25) is 14.6 Å². The molecule has 2 rings (SSSR count). The number of carbonyl (C=O) groups is 1. The maximum absolute atomic E-state index is 12.2. The Hall–Kier alpha value is -2.43. The van der Waals surface area contributed by atoms with E-state index in [0.29, 0.717) is 0 Å². The molecule has 2 aromatic rings. The molecule has 0 aliphatic heterocycles. The molecule has 20 heavy (non-hydrogen) atoms. The summed E-state index contributed by atoms with van der Waals surface area (Å²) >= 11 is 0. The molecular formula is C15H17N3O2. The number of hydrogen-bond acceptors (Lipinski definition) is 3. The van der Waals surface area contributed by atoms with Gasteiger partial charge in [-0.05, 0) is 37.6 Å². The van der Waals surface area contributed by atoms with Crippen LogP contribution in [-0.2, 0) is 7.05 Å². The van der Waals surface area contributed by atoms with E-state index in [4.69, 9.17) is 0 Å². The number of pyridine rings is 2. The molecule has 0 saturated carbocycles. The van der Waals surface area contributed by atoms with E-state index in [1.165, 1.54) is 4.57 Å². The van der Waals surface area contributed by atoms with Crippen LogP contribution in [0.3, 0.4) is 0 Å². The van der Waals surface area contributed by atoms with Crippen molar-refractivity contribution in [3.8, 4) is 0 Å². The number of aryl methyl sites for hydroxylation is 1. The van der Waals surface area contributed by atoms with Gasteiger partial charge in [-0.1, -0.05) is 6.07 Å². The first-order chi connectivity index (χ1) is 9.50. The van der Waals surface area contributed by atoms with E-state index in [-0.39, 0.29) is 23.1 Å². The Morgan fingerprint density at radius 2 is 2.10 bits per heavy atom. The second-order valence-corrected chi connectivity index (χ2v) is 4.73. The fourth-order valence-corrected chi connectivity index (χ4v) is 1.89. The number of hydrogen-bond donors (Lipinski definition) is 1. The standard InChI is InChI=1S/C15H17N3O2/c1-10-6-7-13(15(20)18(10)3)14(19)17-11(2)12-5-4-8-16-9-12/h4-9,11H,1-3H3,(H,17,19). The average molecular weight is 271 g/mol. The molecule has 1 unspecified atom stereocenters. The van der Waals surface area contributed by atoms with Crippen molar-refractivity contribution in [2.45, 2.75) is 19.9 Å². The van der Waals surface area contributed by atoms with Gasteiger partial charge in [0.2, 0.25) is 0 Å². The van der Waals surface area contributed by atoms with Crippen LogP contribution in [0, 0.1) is 6.92 Å². The lowest BCUT2D eigenvalue weighted by Crippen LogP contribution is -2.34. The highest BCUT2D eigenvalue weighted by molar-refractivity contribution is 5.94. The zero-order valence-electron chi connectivity index (χ0n) is 11.8. The third-order valence-electron chi connectivity index (χ3n) is 3.33. The molecule has 5 nitrogen and oxygen atoms in total. The lowest BCUT2D eigenvalue weighted by molar-refractivity contribution is 0.0937. The largest absolute Gasteiger partial charge is 0.345 e. The van der Waals surface area contributed by atoms with Crippen LogP contribution in [0.25, 0.3) is 0 Å². The molecule has 0 aliphatic rings. The smallest absolute Gasteiger partial charge is 0.263 e. The van der Waals surface area contributed by atoms with Gasteiger partial charge in [-0.15, -0.1) is 0 Å². The number of carbonyl (C=O) groups excluding carboxylic acids is 1. The van der Waals surface area contributed by atoms with Crippen LogP contribution in [-0.4, -0.2) is 15.5 Å². The predicted molar refractivity (Wildman–Crippen MR) is 76.5 cm³/mol. The van der Waals surface area contributed by atoms with E-state index in [1.54, 1.807) is 31.6 Å². The Labute approximate surface area is 117 Å². The van der Waals surface area contributed by atoms with Crippen molar-refractivity contribution in [1.29, 1.82) is 0 Å². The molecule has 0 fully saturated rings. The third kappa shape index (κ3) is 2.77. The number of nitrogens with zero attached hydrogens (tertiary/aromatic N) is 2. The SMILES string of the molecule is Cc1ccc(C(=O)NC(C)c2cccnc2)c(=O)n1C. The van der Waals surface area contributed by atoms with Crippen LogP contribution < -0.4 is 10.9 Å². The van der Waals surface area contributed by atoms with Crippen LogP contribution >= 0.6 is 0 Å². The van der Waals surface area contributed by atoms with E-state index in [0.717, 1.165) is 11.3 Å². The maximum Gasteiger partial charge on any atom is 0.263 e. The first-order valence-electron chi connectivity index (χ1n) is 6.38. The van der Waals surface area contributed by atoms with E-state index >= 15 is 0 Å². The minimum Gasteiger partial charge on any atom is -0.345 e. The lowest BCUT2D eigenvalue weighted by atomic mass is 10.1. The molecule has 0 aromatic carbocycles. The minimum atomic E-state index is -0.373. The van der Waals surface area contributed by atoms with Crippen LogP contribution in [0.4, 0.5) is 0 Å². The van der Waals surface area contributed by atoms with Gasteiger partial charge in [0, 0.05) is 25.1 Å². The number of nitrogens with one attached hydrogen (secondary N) is 1. The predicted octanol–water partition coefficient (Wildman–Crippen LogP) is 1.58. The first-order valence-corrected chi connectivity index (χ1v) is 6.38. The van der Waals surface area contributed by atoms with E-state index in [9.17, 15) is 9.59 Å². The quantitative estimate of drug-likeness (QED) is 0.921. The van der Waals surface area contributed by atoms with Crippen molar-refractivity contribution in [2.24, 2.45) is 7.05 Å². The van der Waals surface area contributed by atoms with Crippen molar-refractivity contribution >= 4 is 5.91 Å². The Kier molecular flexibility index (Phi) is 3.98. The molecule has 104 valence electrons. The molecule has 0 radical (unpaired) electrons. The third-order valence-corrected chi connectivity index (χ3v) is 3.33. The summed E-state index contributed by atoms with van der Waals surface area (Å²) in [7, 11) is 1.65. The summed E-state index contributed by atoms with van der Waals surface area (Å²) in [5.74, 6) is -0.373. The molecule has 5 heteroatoms. The second-order valence-electron chi connectivity index (χ2n) is 4.73. The molecule has 1 atom stereocenters. The number of rotatable bonds is 3. The fourth-order valence-electron chi connectivity index (χ4n) is 1.89. The molecule has 0 spiro atoms. The van der Waals surface area contributed by atoms with Gasteiger partial charge >= 0.3 is 0 Å². The Morgan fingerprint density at radius 3 is 2.75 bits per heavy atom. The first kappa shape index (κ1) is 14.0. The van der Waals surface area contributed by atoms with Gasteiger partial charge in [0.25, 0.3) is 11.5 Å². The summed E-state index contributed by atoms with van der Waals surface area (Å²) < 4.78 is 1.46. The Bertz CT molecular complexity index is 677. The number of aromatic nitrogens is 2. The minimum absolute atomic E-state index is 0.147.